The van der Waals surface area contributed by atoms with Crippen LogP contribution < -0.4 is 5.32 Å². The molecular formula is C13H11ClN2O2. The molecule has 1 aromatic carbocycles. The van der Waals surface area contributed by atoms with Crippen molar-refractivity contribution in [2.45, 2.75) is 6.61 Å². The van der Waals surface area contributed by atoms with Crippen LogP contribution in [0.1, 0.15) is 5.56 Å². The molecule has 0 radical (unpaired) electrons. The van der Waals surface area contributed by atoms with Gasteiger partial charge in [0.25, 0.3) is 0 Å². The summed E-state index contributed by atoms with van der Waals surface area (Å²) in [6.07, 6.45) is 2.75. The number of halogens is 1. The topological polar surface area (TPSA) is 51.2 Å². The summed E-state index contributed by atoms with van der Waals surface area (Å²) < 4.78 is 5.05. The van der Waals surface area contributed by atoms with Crippen LogP contribution in [0, 0.1) is 0 Å². The van der Waals surface area contributed by atoms with E-state index in [4.69, 9.17) is 16.3 Å². The molecule has 1 N–H and O–H groups in total. The van der Waals surface area contributed by atoms with Gasteiger partial charge in [0.1, 0.15) is 6.61 Å². The number of para-hydroxylation sites is 1. The number of hydrogen-bond acceptors (Lipinski definition) is 3. The molecule has 1 amide bonds. The molecule has 2 aromatic rings. The molecule has 0 spiro atoms. The first-order valence-electron chi connectivity index (χ1n) is 5.33. The van der Waals surface area contributed by atoms with Gasteiger partial charge in [-0.2, -0.15) is 0 Å². The van der Waals surface area contributed by atoms with Gasteiger partial charge in [0.05, 0.1) is 10.7 Å². The molecule has 0 atom stereocenters. The van der Waals surface area contributed by atoms with Crippen molar-refractivity contribution >= 4 is 23.4 Å². The molecule has 1 aromatic heterocycles. The van der Waals surface area contributed by atoms with Crippen molar-refractivity contribution in [3.8, 4) is 0 Å². The molecule has 0 saturated heterocycles. The highest BCUT2D eigenvalue weighted by atomic mass is 35.5. The van der Waals surface area contributed by atoms with E-state index < -0.39 is 6.09 Å². The first-order chi connectivity index (χ1) is 8.75. The van der Waals surface area contributed by atoms with Crippen LogP contribution in [-0.2, 0) is 11.3 Å². The zero-order valence-electron chi connectivity index (χ0n) is 9.47. The monoisotopic (exact) mass is 262 g/mol. The van der Waals surface area contributed by atoms with Crippen molar-refractivity contribution in [3.05, 3.63) is 59.4 Å². The molecule has 0 aliphatic rings. The van der Waals surface area contributed by atoms with E-state index in [0.29, 0.717) is 10.7 Å². The van der Waals surface area contributed by atoms with Gasteiger partial charge in [-0.1, -0.05) is 23.7 Å². The van der Waals surface area contributed by atoms with Crippen LogP contribution in [0.2, 0.25) is 5.02 Å². The van der Waals surface area contributed by atoms with E-state index in [1.54, 1.807) is 48.8 Å². The molecule has 0 unspecified atom stereocenters. The maximum Gasteiger partial charge on any atom is 0.412 e. The Morgan fingerprint density at radius 2 is 1.94 bits per heavy atom. The van der Waals surface area contributed by atoms with Gasteiger partial charge in [-0.15, -0.1) is 0 Å². The SMILES string of the molecule is O=C(Nc1ccccc1Cl)OCc1ccncc1. The fourth-order valence-electron chi connectivity index (χ4n) is 1.34. The van der Waals surface area contributed by atoms with E-state index in [1.807, 2.05) is 0 Å². The maximum atomic E-state index is 11.5. The highest BCUT2D eigenvalue weighted by Gasteiger charge is 2.05. The normalized spacial score (nSPS) is 9.83. The quantitative estimate of drug-likeness (QED) is 0.921. The molecule has 0 aliphatic heterocycles. The zero-order chi connectivity index (χ0) is 12.8. The van der Waals surface area contributed by atoms with E-state index in [-0.39, 0.29) is 6.61 Å². The van der Waals surface area contributed by atoms with E-state index in [1.165, 1.54) is 0 Å². The molecule has 4 nitrogen and oxygen atoms in total. The minimum Gasteiger partial charge on any atom is -0.444 e. The van der Waals surface area contributed by atoms with E-state index in [0.717, 1.165) is 5.56 Å². The number of pyridine rings is 1. The number of nitrogens with zero attached hydrogens (tertiary/aromatic N) is 1. The number of anilines is 1. The Hall–Kier alpha value is -2.07. The van der Waals surface area contributed by atoms with E-state index in [2.05, 4.69) is 10.3 Å². The Kier molecular flexibility index (Phi) is 4.15. The van der Waals surface area contributed by atoms with Crippen LogP contribution in [0.5, 0.6) is 0 Å². The highest BCUT2D eigenvalue weighted by Crippen LogP contribution is 2.20. The Bertz CT molecular complexity index is 532. The summed E-state index contributed by atoms with van der Waals surface area (Å²) in [5.74, 6) is 0. The molecule has 0 aliphatic carbocycles. The number of ether oxygens (including phenoxy) is 1. The third-order valence-electron chi connectivity index (χ3n) is 2.23. The van der Waals surface area contributed by atoms with Crippen LogP contribution in [0.3, 0.4) is 0 Å². The second kappa shape index (κ2) is 6.02. The number of rotatable bonds is 3. The predicted octanol–water partition coefficient (Wildman–Crippen LogP) is 3.48. The summed E-state index contributed by atoms with van der Waals surface area (Å²) in [7, 11) is 0. The summed E-state index contributed by atoms with van der Waals surface area (Å²) in [5, 5.41) is 3.04. The number of aromatic nitrogens is 1. The second-order valence-electron chi connectivity index (χ2n) is 3.54. The molecule has 92 valence electrons. The predicted molar refractivity (Wildman–Crippen MR) is 69.5 cm³/mol. The van der Waals surface area contributed by atoms with Gasteiger partial charge in [-0.25, -0.2) is 4.79 Å². The Morgan fingerprint density at radius 1 is 1.22 bits per heavy atom. The molecule has 0 bridgehead atoms. The highest BCUT2D eigenvalue weighted by molar-refractivity contribution is 6.33. The first-order valence-corrected chi connectivity index (χ1v) is 5.71. The minimum atomic E-state index is -0.542. The van der Waals surface area contributed by atoms with Crippen LogP contribution in [0.15, 0.2) is 48.8 Å². The van der Waals surface area contributed by atoms with Gasteiger partial charge in [0, 0.05) is 12.4 Å². The molecule has 0 fully saturated rings. The zero-order valence-corrected chi connectivity index (χ0v) is 10.2. The van der Waals surface area contributed by atoms with Gasteiger partial charge in [-0.05, 0) is 29.8 Å². The number of hydrogen-bond donors (Lipinski definition) is 1. The maximum absolute atomic E-state index is 11.5. The summed E-state index contributed by atoms with van der Waals surface area (Å²) >= 11 is 5.91. The van der Waals surface area contributed by atoms with Gasteiger partial charge in [0.2, 0.25) is 0 Å². The number of nitrogens with one attached hydrogen (secondary N) is 1. The lowest BCUT2D eigenvalue weighted by atomic mass is 10.3. The van der Waals surface area contributed by atoms with Crippen molar-refractivity contribution in [2.75, 3.05) is 5.32 Å². The van der Waals surface area contributed by atoms with Crippen LogP contribution in [-0.4, -0.2) is 11.1 Å². The lowest BCUT2D eigenvalue weighted by Gasteiger charge is -2.07. The van der Waals surface area contributed by atoms with E-state index in [9.17, 15) is 4.79 Å². The number of benzene rings is 1. The lowest BCUT2D eigenvalue weighted by molar-refractivity contribution is 0.155. The third-order valence-corrected chi connectivity index (χ3v) is 2.56. The molecule has 2 rings (SSSR count). The molecule has 5 heteroatoms. The average Bonchev–Trinajstić information content (AvgIpc) is 2.40. The summed E-state index contributed by atoms with van der Waals surface area (Å²) in [4.78, 5) is 15.4. The largest absolute Gasteiger partial charge is 0.444 e. The van der Waals surface area contributed by atoms with Crippen molar-refractivity contribution in [1.29, 1.82) is 0 Å². The summed E-state index contributed by atoms with van der Waals surface area (Å²) in [6, 6.07) is 10.5. The second-order valence-corrected chi connectivity index (χ2v) is 3.94. The molecule has 0 saturated carbocycles. The molecule has 18 heavy (non-hydrogen) atoms. The van der Waals surface area contributed by atoms with Crippen LogP contribution >= 0.6 is 11.6 Å². The number of carbonyl (C=O) groups is 1. The van der Waals surface area contributed by atoms with Gasteiger partial charge >= 0.3 is 6.09 Å². The van der Waals surface area contributed by atoms with Crippen molar-refractivity contribution < 1.29 is 9.53 Å². The lowest BCUT2D eigenvalue weighted by Crippen LogP contribution is -2.13. The standard InChI is InChI=1S/C13H11ClN2O2/c14-11-3-1-2-4-12(11)16-13(17)18-9-10-5-7-15-8-6-10/h1-8H,9H2,(H,16,17). The third kappa shape index (κ3) is 3.46. The van der Waals surface area contributed by atoms with Crippen molar-refractivity contribution in [3.63, 3.8) is 0 Å². The summed E-state index contributed by atoms with van der Waals surface area (Å²) in [5.41, 5.74) is 1.40. The van der Waals surface area contributed by atoms with Gasteiger partial charge in [0.15, 0.2) is 0 Å². The van der Waals surface area contributed by atoms with E-state index >= 15 is 0 Å². The summed E-state index contributed by atoms with van der Waals surface area (Å²) in [6.45, 7) is 0.193. The van der Waals surface area contributed by atoms with Crippen LogP contribution in [0.25, 0.3) is 0 Å². The van der Waals surface area contributed by atoms with Gasteiger partial charge < -0.3 is 4.74 Å². The first kappa shape index (κ1) is 12.4. The Labute approximate surface area is 110 Å². The fourth-order valence-corrected chi connectivity index (χ4v) is 1.52. The van der Waals surface area contributed by atoms with Crippen LogP contribution in [0.4, 0.5) is 10.5 Å². The Morgan fingerprint density at radius 3 is 2.67 bits per heavy atom. The number of carbonyl (C=O) groups excluding carboxylic acids is 1. The average molecular weight is 263 g/mol. The van der Waals surface area contributed by atoms with Crippen molar-refractivity contribution in [2.24, 2.45) is 0 Å². The smallest absolute Gasteiger partial charge is 0.412 e. The molecular weight excluding hydrogens is 252 g/mol. The van der Waals surface area contributed by atoms with Gasteiger partial charge in [-0.3, -0.25) is 10.3 Å². The fraction of sp³-hybridized carbons (Fsp3) is 0.0769. The number of amides is 1. The van der Waals surface area contributed by atoms with Crippen molar-refractivity contribution in [1.82, 2.24) is 4.98 Å². The minimum absolute atomic E-state index is 0.193. The Balaban J connectivity index is 1.88. The molecule has 1 heterocycles.